The minimum absolute atomic E-state index is 0.185. The molecular formula is C34H38Cl2N4O5. The van der Waals surface area contributed by atoms with Gasteiger partial charge in [0.1, 0.15) is 5.75 Å². The lowest BCUT2D eigenvalue weighted by Gasteiger charge is -2.34. The Morgan fingerprint density at radius 3 is 2.44 bits per heavy atom. The summed E-state index contributed by atoms with van der Waals surface area (Å²) in [7, 11) is 1.50. The zero-order chi connectivity index (χ0) is 31.9. The van der Waals surface area contributed by atoms with Gasteiger partial charge in [-0.15, -0.1) is 0 Å². The van der Waals surface area contributed by atoms with E-state index in [1.807, 2.05) is 30.0 Å². The van der Waals surface area contributed by atoms with Crippen molar-refractivity contribution in [2.24, 2.45) is 0 Å². The predicted molar refractivity (Wildman–Crippen MR) is 177 cm³/mol. The summed E-state index contributed by atoms with van der Waals surface area (Å²) in [4.78, 5) is 44.9. The molecule has 1 atom stereocenters. The average molecular weight is 654 g/mol. The number of ether oxygens (including phenoxy) is 2. The molecule has 2 aliphatic heterocycles. The highest BCUT2D eigenvalue weighted by Gasteiger charge is 2.30. The first kappa shape index (κ1) is 32.6. The number of amides is 3. The van der Waals surface area contributed by atoms with Crippen molar-refractivity contribution in [1.29, 1.82) is 0 Å². The third-order valence-electron chi connectivity index (χ3n) is 8.40. The number of benzene rings is 3. The summed E-state index contributed by atoms with van der Waals surface area (Å²) in [6.07, 6.45) is 2.41. The second-order valence-corrected chi connectivity index (χ2v) is 12.0. The molecule has 11 heteroatoms. The van der Waals surface area contributed by atoms with Crippen LogP contribution in [0.25, 0.3) is 0 Å². The molecule has 0 radical (unpaired) electrons. The number of fused-ring (bicyclic) bond motifs is 1. The summed E-state index contributed by atoms with van der Waals surface area (Å²) in [6.45, 7) is 6.53. The number of nitrogens with zero attached hydrogens (tertiary/aromatic N) is 3. The van der Waals surface area contributed by atoms with Gasteiger partial charge in [0.25, 0.3) is 11.8 Å². The molecule has 0 saturated carbocycles. The van der Waals surface area contributed by atoms with E-state index in [2.05, 4.69) is 10.2 Å². The Kier molecular flexibility index (Phi) is 10.9. The summed E-state index contributed by atoms with van der Waals surface area (Å²) in [5.74, 6) is 0.0428. The molecule has 2 aliphatic rings. The van der Waals surface area contributed by atoms with E-state index < -0.39 is 0 Å². The highest BCUT2D eigenvalue weighted by atomic mass is 35.5. The summed E-state index contributed by atoms with van der Waals surface area (Å²) >= 11 is 12.7. The van der Waals surface area contributed by atoms with Crippen molar-refractivity contribution in [2.45, 2.75) is 32.1 Å². The number of piperazine rings is 1. The first-order chi connectivity index (χ1) is 21.8. The number of carbonyl (C=O) groups is 3. The van der Waals surface area contributed by atoms with E-state index in [1.165, 1.54) is 7.11 Å². The topological polar surface area (TPSA) is 91.4 Å². The van der Waals surface area contributed by atoms with Crippen LogP contribution in [0.2, 0.25) is 10.0 Å². The van der Waals surface area contributed by atoms with Gasteiger partial charge in [-0.25, -0.2) is 4.79 Å². The van der Waals surface area contributed by atoms with Crippen LogP contribution in [0.5, 0.6) is 5.75 Å². The maximum atomic E-state index is 14.1. The molecule has 0 spiro atoms. The fourth-order valence-electron chi connectivity index (χ4n) is 6.02. The first-order valence-corrected chi connectivity index (χ1v) is 16.0. The number of nitrogens with one attached hydrogen (secondary N) is 1. The summed E-state index contributed by atoms with van der Waals surface area (Å²) < 4.78 is 10.8. The SMILES string of the molecule is CCOC(=O)N1CCN(CCC2CCCN(C(=O)c3ccc(NC(=O)c4ccccc4Cl)cc3OC)c3ccc(Cl)cc32)CC1. The largest absolute Gasteiger partial charge is 0.496 e. The van der Waals surface area contributed by atoms with Crippen LogP contribution >= 0.6 is 23.2 Å². The van der Waals surface area contributed by atoms with E-state index in [9.17, 15) is 14.4 Å². The highest BCUT2D eigenvalue weighted by Crippen LogP contribution is 2.39. The molecule has 1 N–H and O–H groups in total. The normalized spacial score (nSPS) is 16.8. The van der Waals surface area contributed by atoms with E-state index in [1.54, 1.807) is 47.4 Å². The molecule has 1 unspecified atom stereocenters. The fourth-order valence-corrected chi connectivity index (χ4v) is 6.42. The lowest BCUT2D eigenvalue weighted by Crippen LogP contribution is -2.49. The quantitative estimate of drug-likeness (QED) is 0.283. The standard InChI is InChI=1S/C34H38Cl2N4O5/c1-3-45-34(43)39-19-17-38(18-20-39)16-14-23-7-6-15-40(30-13-10-24(35)21-28(23)30)33(42)27-12-11-25(22-31(27)44-2)37-32(41)26-8-4-5-9-29(26)36/h4-5,8-13,21-23H,3,6-7,14-20H2,1-2H3,(H,37,41). The second kappa shape index (κ2) is 15.0. The smallest absolute Gasteiger partial charge is 0.409 e. The fraction of sp³-hybridized carbons (Fsp3) is 0.382. The van der Waals surface area contributed by atoms with Gasteiger partial charge in [0.05, 0.1) is 29.9 Å². The van der Waals surface area contributed by atoms with E-state index in [-0.39, 0.29) is 23.8 Å². The van der Waals surface area contributed by atoms with E-state index in [0.717, 1.165) is 50.1 Å². The van der Waals surface area contributed by atoms with Gasteiger partial charge in [0, 0.05) is 55.2 Å². The maximum Gasteiger partial charge on any atom is 0.409 e. The third-order valence-corrected chi connectivity index (χ3v) is 8.96. The number of rotatable bonds is 8. The molecule has 9 nitrogen and oxygen atoms in total. The lowest BCUT2D eigenvalue weighted by atomic mass is 9.90. The molecule has 45 heavy (non-hydrogen) atoms. The molecule has 0 aromatic heterocycles. The Labute approximate surface area is 274 Å². The van der Waals surface area contributed by atoms with Gasteiger partial charge < -0.3 is 24.6 Å². The summed E-state index contributed by atoms with van der Waals surface area (Å²) in [5.41, 5.74) is 3.14. The second-order valence-electron chi connectivity index (χ2n) is 11.2. The molecular weight excluding hydrogens is 615 g/mol. The number of anilines is 2. The zero-order valence-electron chi connectivity index (χ0n) is 25.6. The molecule has 2 heterocycles. The van der Waals surface area contributed by atoms with Crippen molar-refractivity contribution in [3.8, 4) is 5.75 Å². The molecule has 3 aromatic rings. The molecule has 238 valence electrons. The predicted octanol–water partition coefficient (Wildman–Crippen LogP) is 6.94. The lowest BCUT2D eigenvalue weighted by molar-refractivity contribution is 0.0787. The van der Waals surface area contributed by atoms with Crippen LogP contribution in [-0.2, 0) is 4.74 Å². The number of methoxy groups -OCH3 is 1. The third kappa shape index (κ3) is 7.72. The molecule has 0 aliphatic carbocycles. The van der Waals surface area contributed by atoms with Crippen LogP contribution in [0.1, 0.15) is 58.4 Å². The molecule has 3 amide bonds. The van der Waals surface area contributed by atoms with Crippen molar-refractivity contribution < 1.29 is 23.9 Å². The van der Waals surface area contributed by atoms with Crippen LogP contribution in [0.15, 0.2) is 60.7 Å². The molecule has 5 rings (SSSR count). The van der Waals surface area contributed by atoms with E-state index in [4.69, 9.17) is 32.7 Å². The minimum atomic E-state index is -0.355. The molecule has 1 fully saturated rings. The van der Waals surface area contributed by atoms with Gasteiger partial charge in [-0.05, 0) is 86.7 Å². The Bertz CT molecular complexity index is 1540. The van der Waals surface area contributed by atoms with Gasteiger partial charge in [0.2, 0.25) is 0 Å². The molecule has 1 saturated heterocycles. The number of hydrogen-bond donors (Lipinski definition) is 1. The van der Waals surface area contributed by atoms with E-state index in [0.29, 0.717) is 58.9 Å². The van der Waals surface area contributed by atoms with Crippen LogP contribution in [-0.4, -0.2) is 80.7 Å². The Hall–Kier alpha value is -3.79. The van der Waals surface area contributed by atoms with Gasteiger partial charge >= 0.3 is 6.09 Å². The zero-order valence-corrected chi connectivity index (χ0v) is 27.1. The van der Waals surface area contributed by atoms with Crippen LogP contribution in [0.3, 0.4) is 0 Å². The van der Waals surface area contributed by atoms with Crippen molar-refractivity contribution in [1.82, 2.24) is 9.80 Å². The van der Waals surface area contributed by atoms with Crippen LogP contribution < -0.4 is 15.0 Å². The highest BCUT2D eigenvalue weighted by molar-refractivity contribution is 6.34. The van der Waals surface area contributed by atoms with Crippen molar-refractivity contribution in [2.75, 3.05) is 63.2 Å². The number of hydrogen-bond acceptors (Lipinski definition) is 6. The van der Waals surface area contributed by atoms with Gasteiger partial charge in [0.15, 0.2) is 0 Å². The Balaban J connectivity index is 1.30. The van der Waals surface area contributed by atoms with Gasteiger partial charge in [-0.3, -0.25) is 14.5 Å². The van der Waals surface area contributed by atoms with Crippen molar-refractivity contribution in [3.05, 3.63) is 87.4 Å². The average Bonchev–Trinajstić information content (AvgIpc) is 3.22. The van der Waals surface area contributed by atoms with Crippen molar-refractivity contribution in [3.63, 3.8) is 0 Å². The summed E-state index contributed by atoms with van der Waals surface area (Å²) in [5, 5.41) is 3.82. The van der Waals surface area contributed by atoms with Gasteiger partial charge in [-0.1, -0.05) is 35.3 Å². The summed E-state index contributed by atoms with van der Waals surface area (Å²) in [6, 6.07) is 17.6. The Morgan fingerprint density at radius 2 is 1.71 bits per heavy atom. The van der Waals surface area contributed by atoms with E-state index >= 15 is 0 Å². The minimum Gasteiger partial charge on any atom is -0.496 e. The molecule has 3 aromatic carbocycles. The Morgan fingerprint density at radius 1 is 0.933 bits per heavy atom. The van der Waals surface area contributed by atoms with Gasteiger partial charge in [-0.2, -0.15) is 0 Å². The monoisotopic (exact) mass is 652 g/mol. The van der Waals surface area contributed by atoms with Crippen LogP contribution in [0, 0.1) is 0 Å². The maximum absolute atomic E-state index is 14.1. The first-order valence-electron chi connectivity index (χ1n) is 15.3. The van der Waals surface area contributed by atoms with Crippen molar-refractivity contribution >= 4 is 52.5 Å². The molecule has 0 bridgehead atoms. The van der Waals surface area contributed by atoms with Crippen LogP contribution in [0.4, 0.5) is 16.2 Å². The number of halogens is 2. The number of carbonyl (C=O) groups excluding carboxylic acids is 3.